The summed E-state index contributed by atoms with van der Waals surface area (Å²) in [5.41, 5.74) is 13.0. The molecule has 6 rings (SSSR count). The molecule has 0 spiro atoms. The fourth-order valence-electron chi connectivity index (χ4n) is 4.97. The molecule has 0 aliphatic carbocycles. The standard InChI is InChI=1S/C14H17Br3N4.C10H8Br3N3/c1-20(2)7-5-18-14-19-12-11(17)10(16)9(15)8-4-3-6-21(14)13(8)12;11-5-4-2-1-3-16-9(4)8(15-10(16)14)7(13)6(5)12/h3-7H2,1-2H3,(H,18,19);1-3H2,(H2,14,15). The van der Waals surface area contributed by atoms with Gasteiger partial charge in [-0.2, -0.15) is 0 Å². The molecule has 2 aliphatic heterocycles. The van der Waals surface area contributed by atoms with Gasteiger partial charge in [0, 0.05) is 44.1 Å². The number of aryl methyl sites for hydroxylation is 4. The lowest BCUT2D eigenvalue weighted by molar-refractivity contribution is 0.424. The Kier molecular flexibility index (Phi) is 8.71. The van der Waals surface area contributed by atoms with E-state index in [-0.39, 0.29) is 0 Å². The van der Waals surface area contributed by atoms with Gasteiger partial charge in [0.1, 0.15) is 11.0 Å². The van der Waals surface area contributed by atoms with E-state index in [0.29, 0.717) is 5.95 Å². The first-order chi connectivity index (χ1) is 17.6. The van der Waals surface area contributed by atoms with Crippen molar-refractivity contribution in [2.24, 2.45) is 0 Å². The van der Waals surface area contributed by atoms with Crippen LogP contribution in [0.5, 0.6) is 0 Å². The number of likely N-dealkylation sites (N-methyl/N-ethyl adjacent to an activating group) is 1. The van der Waals surface area contributed by atoms with Crippen molar-refractivity contribution in [3.05, 3.63) is 38.0 Å². The van der Waals surface area contributed by atoms with Gasteiger partial charge in [-0.3, -0.25) is 0 Å². The molecule has 3 N–H and O–H groups in total. The zero-order valence-corrected chi connectivity index (χ0v) is 29.8. The average Bonchev–Trinajstić information content (AvgIpc) is 3.43. The Labute approximate surface area is 266 Å². The molecule has 7 nitrogen and oxygen atoms in total. The minimum absolute atomic E-state index is 0.599. The smallest absolute Gasteiger partial charge is 0.203 e. The van der Waals surface area contributed by atoms with Crippen molar-refractivity contribution < 1.29 is 0 Å². The molecule has 37 heavy (non-hydrogen) atoms. The van der Waals surface area contributed by atoms with Gasteiger partial charge in [0.2, 0.25) is 11.9 Å². The minimum Gasteiger partial charge on any atom is -0.369 e. The number of hydrogen-bond donors (Lipinski definition) is 2. The fraction of sp³-hybridized carbons (Fsp3) is 0.417. The molecule has 0 amide bonds. The molecular formula is C24H25Br6N7. The molecule has 4 aromatic rings. The minimum atomic E-state index is 0.599. The Morgan fingerprint density at radius 3 is 1.84 bits per heavy atom. The molecule has 2 aromatic heterocycles. The lowest BCUT2D eigenvalue weighted by atomic mass is 10.0. The van der Waals surface area contributed by atoms with E-state index < -0.39 is 0 Å². The molecule has 0 saturated heterocycles. The number of aromatic nitrogens is 4. The molecule has 2 aromatic carbocycles. The third kappa shape index (κ3) is 5.08. The summed E-state index contributed by atoms with van der Waals surface area (Å²) < 4.78 is 10.7. The van der Waals surface area contributed by atoms with Gasteiger partial charge in [0.25, 0.3) is 0 Å². The van der Waals surface area contributed by atoms with E-state index in [0.717, 1.165) is 101 Å². The summed E-state index contributed by atoms with van der Waals surface area (Å²) in [6.07, 6.45) is 4.41. The van der Waals surface area contributed by atoms with E-state index in [2.05, 4.69) is 134 Å². The summed E-state index contributed by atoms with van der Waals surface area (Å²) in [4.78, 5) is 11.4. The zero-order chi connectivity index (χ0) is 26.6. The second kappa shape index (κ2) is 11.4. The number of hydrogen-bond acceptors (Lipinski definition) is 5. The van der Waals surface area contributed by atoms with Crippen LogP contribution in [0.1, 0.15) is 24.0 Å². The van der Waals surface area contributed by atoms with Crippen LogP contribution in [0, 0.1) is 0 Å². The lowest BCUT2D eigenvalue weighted by Gasteiger charge is -2.19. The average molecular weight is 891 g/mol. The highest BCUT2D eigenvalue weighted by Crippen LogP contribution is 2.44. The molecule has 0 unspecified atom stereocenters. The van der Waals surface area contributed by atoms with E-state index in [1.165, 1.54) is 16.6 Å². The second-order valence-electron chi connectivity index (χ2n) is 9.38. The highest BCUT2D eigenvalue weighted by atomic mass is 79.9. The number of nitrogens with one attached hydrogen (secondary N) is 1. The van der Waals surface area contributed by atoms with Crippen LogP contribution in [-0.2, 0) is 25.9 Å². The van der Waals surface area contributed by atoms with E-state index in [9.17, 15) is 0 Å². The Bertz CT molecular complexity index is 1520. The molecule has 2 aliphatic rings. The van der Waals surface area contributed by atoms with E-state index >= 15 is 0 Å². The Morgan fingerprint density at radius 2 is 1.27 bits per heavy atom. The van der Waals surface area contributed by atoms with Crippen molar-refractivity contribution in [2.45, 2.75) is 38.8 Å². The van der Waals surface area contributed by atoms with Crippen LogP contribution in [0.2, 0.25) is 0 Å². The van der Waals surface area contributed by atoms with Crippen LogP contribution in [0.25, 0.3) is 22.1 Å². The summed E-state index contributed by atoms with van der Waals surface area (Å²) in [7, 11) is 4.16. The predicted octanol–water partition coefficient (Wildman–Crippen LogP) is 8.10. The van der Waals surface area contributed by atoms with Gasteiger partial charge in [-0.05, 0) is 146 Å². The second-order valence-corrected chi connectivity index (χ2v) is 14.1. The van der Waals surface area contributed by atoms with Crippen LogP contribution in [0.3, 0.4) is 0 Å². The molecule has 0 fully saturated rings. The molecule has 198 valence electrons. The van der Waals surface area contributed by atoms with Crippen molar-refractivity contribution >= 4 is 130 Å². The largest absolute Gasteiger partial charge is 0.369 e. The maximum absolute atomic E-state index is 5.94. The number of anilines is 2. The fourth-order valence-corrected chi connectivity index (χ4v) is 8.47. The molecule has 13 heteroatoms. The van der Waals surface area contributed by atoms with E-state index in [1.807, 2.05) is 0 Å². The van der Waals surface area contributed by atoms with Crippen LogP contribution < -0.4 is 11.1 Å². The molecule has 0 bridgehead atoms. The van der Waals surface area contributed by atoms with Crippen molar-refractivity contribution in [3.63, 3.8) is 0 Å². The molecule has 0 atom stereocenters. The van der Waals surface area contributed by atoms with Gasteiger partial charge in [0.05, 0.1) is 20.0 Å². The van der Waals surface area contributed by atoms with Crippen LogP contribution in [0.15, 0.2) is 26.8 Å². The first kappa shape index (κ1) is 28.4. The van der Waals surface area contributed by atoms with Gasteiger partial charge < -0.3 is 25.1 Å². The quantitative estimate of drug-likeness (QED) is 0.203. The summed E-state index contributed by atoms with van der Waals surface area (Å²) in [6.45, 7) is 3.86. The van der Waals surface area contributed by atoms with Gasteiger partial charge in [-0.1, -0.05) is 0 Å². The van der Waals surface area contributed by atoms with Crippen molar-refractivity contribution in [2.75, 3.05) is 38.2 Å². The van der Waals surface area contributed by atoms with Crippen molar-refractivity contribution in [1.82, 2.24) is 24.0 Å². The van der Waals surface area contributed by atoms with Gasteiger partial charge in [0.15, 0.2) is 0 Å². The number of imidazole rings is 2. The highest BCUT2D eigenvalue weighted by molar-refractivity contribution is 9.15. The van der Waals surface area contributed by atoms with E-state index in [4.69, 9.17) is 10.7 Å². The van der Waals surface area contributed by atoms with Gasteiger partial charge in [-0.25, -0.2) is 9.97 Å². The normalized spacial score (nSPS) is 14.4. The highest BCUT2D eigenvalue weighted by Gasteiger charge is 2.25. The van der Waals surface area contributed by atoms with Crippen molar-refractivity contribution in [1.29, 1.82) is 0 Å². The lowest BCUT2D eigenvalue weighted by Crippen LogP contribution is -2.22. The first-order valence-electron chi connectivity index (χ1n) is 11.9. The SMILES string of the molecule is CN(C)CCNc1nc2c(Br)c(Br)c(Br)c3c2n1CCC3.Nc1nc2c(Br)c(Br)c(Br)c3c2n1CCC3. The third-order valence-corrected chi connectivity index (χ3v) is 13.7. The number of halogens is 6. The topological polar surface area (TPSA) is 76.9 Å². The Hall–Kier alpha value is -0.180. The molecular weight excluding hydrogens is 866 g/mol. The monoisotopic (exact) mass is 885 g/mol. The number of nitrogens with zero attached hydrogens (tertiary/aromatic N) is 5. The van der Waals surface area contributed by atoms with Crippen molar-refractivity contribution in [3.8, 4) is 0 Å². The van der Waals surface area contributed by atoms with Gasteiger partial charge in [-0.15, -0.1) is 0 Å². The number of rotatable bonds is 4. The molecule has 0 saturated carbocycles. The van der Waals surface area contributed by atoms with Crippen LogP contribution in [0.4, 0.5) is 11.9 Å². The number of nitrogen functional groups attached to an aromatic ring is 1. The molecule has 0 radical (unpaired) electrons. The zero-order valence-electron chi connectivity index (χ0n) is 20.2. The maximum atomic E-state index is 5.94. The van der Waals surface area contributed by atoms with Crippen LogP contribution >= 0.6 is 95.6 Å². The summed E-state index contributed by atoms with van der Waals surface area (Å²) in [5.74, 6) is 1.57. The van der Waals surface area contributed by atoms with Gasteiger partial charge >= 0.3 is 0 Å². The summed E-state index contributed by atoms with van der Waals surface area (Å²) in [5, 5.41) is 3.47. The number of nitrogens with two attached hydrogens (primary N) is 1. The summed E-state index contributed by atoms with van der Waals surface area (Å²) >= 11 is 21.8. The molecule has 4 heterocycles. The third-order valence-electron chi connectivity index (χ3n) is 6.71. The Balaban J connectivity index is 0.000000157. The first-order valence-corrected chi connectivity index (χ1v) is 16.6. The van der Waals surface area contributed by atoms with E-state index in [1.54, 1.807) is 0 Å². The van der Waals surface area contributed by atoms with Crippen LogP contribution in [-0.4, -0.2) is 51.2 Å². The maximum Gasteiger partial charge on any atom is 0.203 e. The number of benzene rings is 2. The summed E-state index contributed by atoms with van der Waals surface area (Å²) in [6, 6.07) is 0. The predicted molar refractivity (Wildman–Crippen MR) is 174 cm³/mol. The Morgan fingerprint density at radius 1 is 0.757 bits per heavy atom.